The van der Waals surface area contributed by atoms with E-state index in [2.05, 4.69) is 20.8 Å². The Morgan fingerprint density at radius 1 is 1.21 bits per heavy atom. The Labute approximate surface area is 148 Å². The Morgan fingerprint density at radius 2 is 1.96 bits per heavy atom. The number of benzene rings is 1. The summed E-state index contributed by atoms with van der Waals surface area (Å²) in [5, 5.41) is 13.3. The van der Waals surface area contributed by atoms with E-state index in [0.717, 1.165) is 0 Å². The molecule has 0 aliphatic carbocycles. The van der Waals surface area contributed by atoms with Crippen molar-refractivity contribution in [3.05, 3.63) is 30.3 Å². The summed E-state index contributed by atoms with van der Waals surface area (Å²) in [6, 6.07) is 8.69. The Balaban J connectivity index is 1.90. The average molecular weight is 366 g/mol. The molecule has 1 aromatic heterocycles. The van der Waals surface area contributed by atoms with Gasteiger partial charge >= 0.3 is 12.0 Å². The number of hydrogen-bond acceptors (Lipinski definition) is 7. The summed E-state index contributed by atoms with van der Waals surface area (Å²) < 4.78 is 5.62. The van der Waals surface area contributed by atoms with Crippen LogP contribution in [0.15, 0.2) is 34.7 Å². The number of anilines is 2. The van der Waals surface area contributed by atoms with Gasteiger partial charge in [-0.3, -0.25) is 10.1 Å². The zero-order valence-electron chi connectivity index (χ0n) is 13.3. The number of amides is 2. The van der Waals surface area contributed by atoms with Crippen molar-refractivity contribution in [2.75, 3.05) is 17.2 Å². The van der Waals surface area contributed by atoms with Gasteiger partial charge < -0.3 is 10.1 Å². The molecule has 0 spiro atoms. The van der Waals surface area contributed by atoms with Crippen LogP contribution in [0.2, 0.25) is 0 Å². The van der Waals surface area contributed by atoms with E-state index in [0.29, 0.717) is 28.2 Å². The number of carbonyl (C=O) groups is 2. The Bertz CT molecular complexity index is 678. The maximum absolute atomic E-state index is 11.9. The minimum atomic E-state index is -0.397. The number of carbonyl (C=O) groups excluding carboxylic acids is 2. The van der Waals surface area contributed by atoms with Gasteiger partial charge in [0.25, 0.3) is 0 Å². The summed E-state index contributed by atoms with van der Waals surface area (Å²) in [7, 11) is 0. The summed E-state index contributed by atoms with van der Waals surface area (Å²) in [4.78, 5) is 23.7. The molecule has 1 unspecified atom stereocenters. The van der Waals surface area contributed by atoms with Crippen LogP contribution in [0.4, 0.5) is 15.6 Å². The molecular weight excluding hydrogens is 348 g/mol. The Hall–Kier alpha value is -2.13. The third-order valence-corrected chi connectivity index (χ3v) is 5.09. The largest absolute Gasteiger partial charge is 0.465 e. The lowest BCUT2D eigenvalue weighted by atomic mass is 10.3. The van der Waals surface area contributed by atoms with Gasteiger partial charge in [-0.2, -0.15) is 0 Å². The second-order valence-corrected chi connectivity index (χ2v) is 7.01. The van der Waals surface area contributed by atoms with Crippen LogP contribution in [0.5, 0.6) is 0 Å². The highest BCUT2D eigenvalue weighted by Gasteiger charge is 2.21. The number of rotatable bonds is 7. The summed E-state index contributed by atoms with van der Waals surface area (Å²) in [6.45, 7) is 4.02. The summed E-state index contributed by atoms with van der Waals surface area (Å²) in [5.74, 6) is -0.267. The monoisotopic (exact) mass is 366 g/mol. The molecule has 0 bridgehead atoms. The van der Waals surface area contributed by atoms with Crippen molar-refractivity contribution in [2.24, 2.45) is 0 Å². The first-order valence-corrected chi connectivity index (χ1v) is 9.11. The SMILES string of the molecule is CCOC(=O)C(CC)Sc1nnc(NC(=O)Nc2ccccc2)s1. The number of hydrogen-bond donors (Lipinski definition) is 2. The van der Waals surface area contributed by atoms with Crippen molar-refractivity contribution in [3.63, 3.8) is 0 Å². The first-order valence-electron chi connectivity index (χ1n) is 7.42. The molecule has 128 valence electrons. The van der Waals surface area contributed by atoms with Crippen LogP contribution >= 0.6 is 23.1 Å². The second kappa shape index (κ2) is 9.24. The number of aromatic nitrogens is 2. The van der Waals surface area contributed by atoms with Gasteiger partial charge in [0, 0.05) is 5.69 Å². The predicted molar refractivity (Wildman–Crippen MR) is 95.6 cm³/mol. The molecule has 1 heterocycles. The third kappa shape index (κ3) is 5.50. The highest BCUT2D eigenvalue weighted by atomic mass is 32.2. The van der Waals surface area contributed by atoms with Gasteiger partial charge in [-0.1, -0.05) is 48.2 Å². The van der Waals surface area contributed by atoms with Crippen molar-refractivity contribution >= 4 is 45.9 Å². The van der Waals surface area contributed by atoms with E-state index in [-0.39, 0.29) is 11.2 Å². The Kier molecular flexibility index (Phi) is 7.01. The highest BCUT2D eigenvalue weighted by Crippen LogP contribution is 2.31. The summed E-state index contributed by atoms with van der Waals surface area (Å²) >= 11 is 2.50. The Morgan fingerprint density at radius 3 is 2.62 bits per heavy atom. The predicted octanol–water partition coefficient (Wildman–Crippen LogP) is 3.62. The lowest BCUT2D eigenvalue weighted by Gasteiger charge is -2.10. The van der Waals surface area contributed by atoms with Gasteiger partial charge in [-0.15, -0.1) is 10.2 Å². The second-order valence-electron chi connectivity index (χ2n) is 4.59. The topological polar surface area (TPSA) is 93.2 Å². The average Bonchev–Trinajstić information content (AvgIpc) is 3.00. The van der Waals surface area contributed by atoms with Crippen molar-refractivity contribution in [2.45, 2.75) is 29.9 Å². The number of nitrogens with zero attached hydrogens (tertiary/aromatic N) is 2. The molecule has 1 atom stereocenters. The fraction of sp³-hybridized carbons (Fsp3) is 0.333. The van der Waals surface area contributed by atoms with Gasteiger partial charge in [-0.05, 0) is 25.5 Å². The maximum atomic E-state index is 11.9. The van der Waals surface area contributed by atoms with Crippen LogP contribution in [0.1, 0.15) is 20.3 Å². The fourth-order valence-corrected chi connectivity index (χ4v) is 3.66. The zero-order chi connectivity index (χ0) is 17.4. The van der Waals surface area contributed by atoms with Crippen LogP contribution in [0.25, 0.3) is 0 Å². The standard InChI is InChI=1S/C15H18N4O3S2/c1-3-11(12(20)22-4-2)23-15-19-18-14(24-15)17-13(21)16-10-8-6-5-7-9-10/h5-9,11H,3-4H2,1-2H3,(H2,16,17,18,21). The molecule has 9 heteroatoms. The zero-order valence-corrected chi connectivity index (χ0v) is 14.9. The van der Waals surface area contributed by atoms with Gasteiger partial charge in [0.2, 0.25) is 5.13 Å². The molecule has 2 aromatic rings. The van der Waals surface area contributed by atoms with E-state index >= 15 is 0 Å². The smallest absolute Gasteiger partial charge is 0.325 e. The van der Waals surface area contributed by atoms with Crippen LogP contribution in [-0.4, -0.2) is 34.1 Å². The van der Waals surface area contributed by atoms with E-state index < -0.39 is 6.03 Å². The van der Waals surface area contributed by atoms with Crippen LogP contribution < -0.4 is 10.6 Å². The maximum Gasteiger partial charge on any atom is 0.325 e. The molecule has 2 N–H and O–H groups in total. The molecule has 1 aromatic carbocycles. The van der Waals surface area contributed by atoms with Gasteiger partial charge in [0.1, 0.15) is 5.25 Å². The van der Waals surface area contributed by atoms with Crippen LogP contribution in [0, 0.1) is 0 Å². The lowest BCUT2D eigenvalue weighted by Crippen LogP contribution is -2.19. The van der Waals surface area contributed by atoms with Crippen LogP contribution in [0.3, 0.4) is 0 Å². The molecule has 2 amide bonds. The molecule has 0 aliphatic heterocycles. The van der Waals surface area contributed by atoms with Crippen molar-refractivity contribution < 1.29 is 14.3 Å². The molecule has 7 nitrogen and oxygen atoms in total. The number of ether oxygens (including phenoxy) is 1. The van der Waals surface area contributed by atoms with Gasteiger partial charge in [0.05, 0.1) is 6.61 Å². The molecule has 0 radical (unpaired) electrons. The number of esters is 1. The lowest BCUT2D eigenvalue weighted by molar-refractivity contribution is -0.142. The normalized spacial score (nSPS) is 11.6. The molecular formula is C15H18N4O3S2. The molecule has 0 saturated carbocycles. The molecule has 0 fully saturated rings. The van der Waals surface area contributed by atoms with E-state index in [9.17, 15) is 9.59 Å². The minimum absolute atomic E-state index is 0.267. The van der Waals surface area contributed by atoms with Crippen molar-refractivity contribution in [3.8, 4) is 0 Å². The summed E-state index contributed by atoms with van der Waals surface area (Å²) in [6.07, 6.45) is 0.625. The first kappa shape index (κ1) is 18.2. The molecule has 2 rings (SSSR count). The van der Waals surface area contributed by atoms with Gasteiger partial charge in [-0.25, -0.2) is 4.79 Å². The van der Waals surface area contributed by atoms with Crippen molar-refractivity contribution in [1.29, 1.82) is 0 Å². The van der Waals surface area contributed by atoms with E-state index in [1.807, 2.05) is 25.1 Å². The molecule has 24 heavy (non-hydrogen) atoms. The van der Waals surface area contributed by atoms with Crippen LogP contribution in [-0.2, 0) is 9.53 Å². The minimum Gasteiger partial charge on any atom is -0.465 e. The first-order chi connectivity index (χ1) is 11.6. The van der Waals surface area contributed by atoms with E-state index in [1.165, 1.54) is 23.1 Å². The van der Waals surface area contributed by atoms with E-state index in [4.69, 9.17) is 4.74 Å². The molecule has 0 aliphatic rings. The van der Waals surface area contributed by atoms with E-state index in [1.54, 1.807) is 19.1 Å². The number of nitrogens with one attached hydrogen (secondary N) is 2. The van der Waals surface area contributed by atoms with Gasteiger partial charge in [0.15, 0.2) is 4.34 Å². The quantitative estimate of drug-likeness (QED) is 0.442. The number of para-hydroxylation sites is 1. The fourth-order valence-electron chi connectivity index (χ4n) is 1.74. The summed E-state index contributed by atoms with van der Waals surface area (Å²) in [5.41, 5.74) is 0.683. The molecule has 0 saturated heterocycles. The van der Waals surface area contributed by atoms with Crippen molar-refractivity contribution in [1.82, 2.24) is 10.2 Å². The number of thioether (sulfide) groups is 1. The number of urea groups is 1. The third-order valence-electron chi connectivity index (χ3n) is 2.82. The highest BCUT2D eigenvalue weighted by molar-refractivity contribution is 8.02.